The van der Waals surface area contributed by atoms with E-state index in [-0.39, 0.29) is 23.5 Å². The lowest BCUT2D eigenvalue weighted by atomic mass is 9.82. The van der Waals surface area contributed by atoms with Crippen LogP contribution in [0.25, 0.3) is 0 Å². The van der Waals surface area contributed by atoms with Gasteiger partial charge in [-0.15, -0.1) is 0 Å². The van der Waals surface area contributed by atoms with E-state index in [9.17, 15) is 4.79 Å². The molecule has 0 aromatic heterocycles. The van der Waals surface area contributed by atoms with Crippen molar-refractivity contribution >= 4 is 5.97 Å². The Morgan fingerprint density at radius 2 is 2.12 bits per heavy atom. The minimum atomic E-state index is -0.303. The molecule has 4 nitrogen and oxygen atoms in total. The van der Waals surface area contributed by atoms with E-state index in [0.717, 1.165) is 19.5 Å². The fourth-order valence-corrected chi connectivity index (χ4v) is 2.87. The Labute approximate surface area is 96.9 Å². The Kier molecular flexibility index (Phi) is 3.22. The standard InChI is InChI=1S/C12H21NO3/c1-4-13(5-2)10-9-8-15-7-6-12(9,3)16-11(10)14/h9-10H,4-8H2,1-3H3/t9-,10-,12-/m0/s1. The van der Waals surface area contributed by atoms with Gasteiger partial charge in [0.25, 0.3) is 0 Å². The zero-order valence-corrected chi connectivity index (χ0v) is 10.4. The Bertz CT molecular complexity index is 277. The van der Waals surface area contributed by atoms with Crippen molar-refractivity contribution in [2.75, 3.05) is 26.3 Å². The van der Waals surface area contributed by atoms with Crippen LogP contribution in [-0.2, 0) is 14.3 Å². The van der Waals surface area contributed by atoms with Crippen LogP contribution in [0.4, 0.5) is 0 Å². The van der Waals surface area contributed by atoms with Crippen molar-refractivity contribution in [2.45, 2.75) is 38.8 Å². The average Bonchev–Trinajstić information content (AvgIpc) is 2.52. The molecule has 2 saturated heterocycles. The minimum absolute atomic E-state index is 0.0679. The van der Waals surface area contributed by atoms with E-state index in [0.29, 0.717) is 13.2 Å². The number of carbonyl (C=O) groups excluding carboxylic acids is 1. The fraction of sp³-hybridized carbons (Fsp3) is 0.917. The third-order valence-electron chi connectivity index (χ3n) is 3.99. The summed E-state index contributed by atoms with van der Waals surface area (Å²) in [4.78, 5) is 14.2. The highest BCUT2D eigenvalue weighted by Gasteiger charge is 2.55. The van der Waals surface area contributed by atoms with Gasteiger partial charge in [0.1, 0.15) is 11.6 Å². The van der Waals surface area contributed by atoms with Crippen molar-refractivity contribution in [1.29, 1.82) is 0 Å². The molecule has 0 aliphatic carbocycles. The summed E-state index contributed by atoms with van der Waals surface area (Å²) in [6, 6.07) is -0.111. The molecule has 16 heavy (non-hydrogen) atoms. The van der Waals surface area contributed by atoms with Gasteiger partial charge in [0.15, 0.2) is 0 Å². The van der Waals surface area contributed by atoms with Gasteiger partial charge in [0.2, 0.25) is 0 Å². The van der Waals surface area contributed by atoms with Crippen molar-refractivity contribution in [1.82, 2.24) is 4.90 Å². The van der Waals surface area contributed by atoms with Gasteiger partial charge < -0.3 is 9.47 Å². The van der Waals surface area contributed by atoms with E-state index in [4.69, 9.17) is 9.47 Å². The van der Waals surface area contributed by atoms with Crippen LogP contribution in [-0.4, -0.2) is 48.8 Å². The summed E-state index contributed by atoms with van der Waals surface area (Å²) < 4.78 is 11.1. The third kappa shape index (κ3) is 1.74. The summed E-state index contributed by atoms with van der Waals surface area (Å²) in [5.74, 6) is 0.121. The number of likely N-dealkylation sites (N-methyl/N-ethyl adjacent to an activating group) is 1. The number of rotatable bonds is 3. The molecule has 0 saturated carbocycles. The van der Waals surface area contributed by atoms with Crippen molar-refractivity contribution in [3.8, 4) is 0 Å². The molecule has 4 heteroatoms. The number of hydrogen-bond acceptors (Lipinski definition) is 4. The van der Waals surface area contributed by atoms with Gasteiger partial charge in [0.05, 0.1) is 13.2 Å². The summed E-state index contributed by atoms with van der Waals surface area (Å²) in [7, 11) is 0. The number of ether oxygens (including phenoxy) is 2. The van der Waals surface area contributed by atoms with E-state index in [1.807, 2.05) is 6.92 Å². The van der Waals surface area contributed by atoms with Crippen LogP contribution in [0.1, 0.15) is 27.2 Å². The topological polar surface area (TPSA) is 38.8 Å². The lowest BCUT2D eigenvalue weighted by Crippen LogP contribution is -2.49. The molecular formula is C12H21NO3. The molecule has 2 heterocycles. The number of nitrogens with zero attached hydrogens (tertiary/aromatic N) is 1. The molecule has 0 aromatic carbocycles. The highest BCUT2D eigenvalue weighted by atomic mass is 16.6. The SMILES string of the molecule is CCN(CC)[C@@H]1C(=O)O[C@@]2(C)CCOC[C@@H]12. The minimum Gasteiger partial charge on any atom is -0.458 e. The molecule has 0 bridgehead atoms. The first-order chi connectivity index (χ1) is 7.62. The first-order valence-electron chi connectivity index (χ1n) is 6.17. The van der Waals surface area contributed by atoms with Crippen LogP contribution in [0, 0.1) is 5.92 Å². The monoisotopic (exact) mass is 227 g/mol. The van der Waals surface area contributed by atoms with Crippen molar-refractivity contribution in [3.63, 3.8) is 0 Å². The molecule has 2 aliphatic rings. The maximum atomic E-state index is 12.0. The maximum Gasteiger partial charge on any atom is 0.324 e. The van der Waals surface area contributed by atoms with Gasteiger partial charge in [-0.3, -0.25) is 9.69 Å². The molecular weight excluding hydrogens is 206 g/mol. The first-order valence-corrected chi connectivity index (χ1v) is 6.17. The summed E-state index contributed by atoms with van der Waals surface area (Å²) in [5, 5.41) is 0. The highest BCUT2D eigenvalue weighted by molar-refractivity contribution is 5.79. The fourth-order valence-electron chi connectivity index (χ4n) is 2.87. The Morgan fingerprint density at radius 1 is 1.44 bits per heavy atom. The van der Waals surface area contributed by atoms with Crippen LogP contribution in [0.2, 0.25) is 0 Å². The smallest absolute Gasteiger partial charge is 0.324 e. The number of hydrogen-bond donors (Lipinski definition) is 0. The molecule has 2 rings (SSSR count). The van der Waals surface area contributed by atoms with Gasteiger partial charge in [-0.05, 0) is 20.0 Å². The van der Waals surface area contributed by atoms with Crippen LogP contribution < -0.4 is 0 Å². The van der Waals surface area contributed by atoms with Crippen molar-refractivity contribution in [3.05, 3.63) is 0 Å². The predicted molar refractivity (Wildman–Crippen MR) is 60.1 cm³/mol. The number of esters is 1. The predicted octanol–water partition coefficient (Wildman–Crippen LogP) is 1.05. The summed E-state index contributed by atoms with van der Waals surface area (Å²) in [5.41, 5.74) is -0.303. The Hall–Kier alpha value is -0.610. The van der Waals surface area contributed by atoms with Gasteiger partial charge in [0, 0.05) is 12.3 Å². The molecule has 0 unspecified atom stereocenters. The zero-order valence-electron chi connectivity index (χ0n) is 10.4. The maximum absolute atomic E-state index is 12.0. The highest BCUT2D eigenvalue weighted by Crippen LogP contribution is 2.40. The third-order valence-corrected chi connectivity index (χ3v) is 3.99. The Morgan fingerprint density at radius 3 is 2.75 bits per heavy atom. The molecule has 0 amide bonds. The molecule has 0 spiro atoms. The summed E-state index contributed by atoms with van der Waals surface area (Å²) in [6.07, 6.45) is 0.821. The normalized spacial score (nSPS) is 38.6. The van der Waals surface area contributed by atoms with E-state index in [2.05, 4.69) is 18.7 Å². The second-order valence-electron chi connectivity index (χ2n) is 4.83. The zero-order chi connectivity index (χ0) is 11.8. The largest absolute Gasteiger partial charge is 0.458 e. The lowest BCUT2D eigenvalue weighted by Gasteiger charge is -2.37. The van der Waals surface area contributed by atoms with Gasteiger partial charge >= 0.3 is 5.97 Å². The quantitative estimate of drug-likeness (QED) is 0.676. The second kappa shape index (κ2) is 4.34. The molecule has 0 aromatic rings. The van der Waals surface area contributed by atoms with E-state index in [1.165, 1.54) is 0 Å². The van der Waals surface area contributed by atoms with Crippen LogP contribution in [0.15, 0.2) is 0 Å². The molecule has 0 radical (unpaired) electrons. The van der Waals surface area contributed by atoms with Gasteiger partial charge in [-0.25, -0.2) is 0 Å². The molecule has 2 fully saturated rings. The van der Waals surface area contributed by atoms with E-state index in [1.54, 1.807) is 0 Å². The van der Waals surface area contributed by atoms with Crippen LogP contribution >= 0.6 is 0 Å². The Balaban J connectivity index is 2.21. The lowest BCUT2D eigenvalue weighted by molar-refractivity contribution is -0.154. The average molecular weight is 227 g/mol. The van der Waals surface area contributed by atoms with Crippen LogP contribution in [0.3, 0.4) is 0 Å². The number of fused-ring (bicyclic) bond motifs is 1. The number of carbonyl (C=O) groups is 1. The molecule has 0 N–H and O–H groups in total. The first kappa shape index (κ1) is 11.9. The van der Waals surface area contributed by atoms with E-state index >= 15 is 0 Å². The van der Waals surface area contributed by atoms with Gasteiger partial charge in [-0.1, -0.05) is 13.8 Å². The van der Waals surface area contributed by atoms with Crippen LogP contribution in [0.5, 0.6) is 0 Å². The molecule has 3 atom stereocenters. The van der Waals surface area contributed by atoms with Gasteiger partial charge in [-0.2, -0.15) is 0 Å². The summed E-state index contributed by atoms with van der Waals surface area (Å²) >= 11 is 0. The second-order valence-corrected chi connectivity index (χ2v) is 4.83. The molecule has 92 valence electrons. The summed E-state index contributed by atoms with van der Waals surface area (Å²) in [6.45, 7) is 9.30. The van der Waals surface area contributed by atoms with E-state index < -0.39 is 0 Å². The van der Waals surface area contributed by atoms with Crippen molar-refractivity contribution in [2.24, 2.45) is 5.92 Å². The van der Waals surface area contributed by atoms with Crippen molar-refractivity contribution < 1.29 is 14.3 Å². The molecule has 2 aliphatic heterocycles.